The van der Waals surface area contributed by atoms with Gasteiger partial charge in [0.2, 0.25) is 0 Å². The topological polar surface area (TPSA) is 44.4 Å². The summed E-state index contributed by atoms with van der Waals surface area (Å²) in [6, 6.07) is 4.94. The van der Waals surface area contributed by atoms with Crippen LogP contribution in [-0.2, 0) is 6.54 Å². The largest absolute Gasteiger partial charge is 0.334 e. The standard InChI is InChI=1S/C14H21N3OS/c18-14(15-10-11-4-3-9-19-11)16-12-6-8-17-7-2-1-5-13(12)17/h3-4,9,12-13H,1-2,5-8,10H2,(H2,15,16,18)/t12-,13+/m1/s1. The maximum atomic E-state index is 11.9. The lowest BCUT2D eigenvalue weighted by Crippen LogP contribution is -2.49. The first-order valence-corrected chi connectivity index (χ1v) is 8.02. The molecule has 2 N–H and O–H groups in total. The van der Waals surface area contributed by atoms with Crippen LogP contribution in [0, 0.1) is 0 Å². The van der Waals surface area contributed by atoms with Gasteiger partial charge in [-0.2, -0.15) is 0 Å². The molecular formula is C14H21N3OS. The molecule has 0 radical (unpaired) electrons. The average molecular weight is 279 g/mol. The van der Waals surface area contributed by atoms with Crippen molar-refractivity contribution < 1.29 is 4.79 Å². The lowest BCUT2D eigenvalue weighted by molar-refractivity contribution is 0.179. The summed E-state index contributed by atoms with van der Waals surface area (Å²) in [4.78, 5) is 15.7. The number of carbonyl (C=O) groups excluding carboxylic acids is 1. The molecule has 1 aromatic rings. The SMILES string of the molecule is O=C(NCc1cccs1)N[C@@H]1CCN2CCCC[C@@H]12. The van der Waals surface area contributed by atoms with Crippen molar-refractivity contribution in [2.24, 2.45) is 0 Å². The van der Waals surface area contributed by atoms with Crippen LogP contribution in [0.4, 0.5) is 4.79 Å². The van der Waals surface area contributed by atoms with Gasteiger partial charge in [-0.1, -0.05) is 12.5 Å². The van der Waals surface area contributed by atoms with E-state index in [-0.39, 0.29) is 6.03 Å². The monoisotopic (exact) mass is 279 g/mol. The number of nitrogens with one attached hydrogen (secondary N) is 2. The fourth-order valence-electron chi connectivity index (χ4n) is 3.22. The lowest BCUT2D eigenvalue weighted by Gasteiger charge is -2.32. The fourth-order valence-corrected chi connectivity index (χ4v) is 3.86. The molecule has 0 aliphatic carbocycles. The number of nitrogens with zero attached hydrogens (tertiary/aromatic N) is 1. The number of urea groups is 1. The van der Waals surface area contributed by atoms with Crippen LogP contribution in [0.3, 0.4) is 0 Å². The van der Waals surface area contributed by atoms with Gasteiger partial charge in [0.25, 0.3) is 0 Å². The molecule has 104 valence electrons. The van der Waals surface area contributed by atoms with E-state index in [1.54, 1.807) is 11.3 Å². The summed E-state index contributed by atoms with van der Waals surface area (Å²) in [5, 5.41) is 8.14. The number of fused-ring (bicyclic) bond motifs is 1. The summed E-state index contributed by atoms with van der Waals surface area (Å²) < 4.78 is 0. The lowest BCUT2D eigenvalue weighted by atomic mass is 9.99. The van der Waals surface area contributed by atoms with E-state index in [1.807, 2.05) is 17.5 Å². The van der Waals surface area contributed by atoms with Gasteiger partial charge in [0.1, 0.15) is 0 Å². The molecule has 3 rings (SSSR count). The Morgan fingerprint density at radius 1 is 1.37 bits per heavy atom. The molecule has 2 amide bonds. The van der Waals surface area contributed by atoms with Crippen molar-refractivity contribution in [3.8, 4) is 0 Å². The molecule has 2 saturated heterocycles. The van der Waals surface area contributed by atoms with Crippen LogP contribution in [0.2, 0.25) is 0 Å². The minimum atomic E-state index is -0.0224. The zero-order chi connectivity index (χ0) is 13.1. The molecule has 0 aromatic carbocycles. The summed E-state index contributed by atoms with van der Waals surface area (Å²) >= 11 is 1.68. The second-order valence-electron chi connectivity index (χ2n) is 5.40. The molecule has 2 atom stereocenters. The summed E-state index contributed by atoms with van der Waals surface area (Å²) in [6.07, 6.45) is 4.94. The van der Waals surface area contributed by atoms with Crippen molar-refractivity contribution in [3.05, 3.63) is 22.4 Å². The van der Waals surface area contributed by atoms with Crippen molar-refractivity contribution in [1.29, 1.82) is 0 Å². The number of carbonyl (C=O) groups is 1. The van der Waals surface area contributed by atoms with Crippen LogP contribution in [0.15, 0.2) is 17.5 Å². The third-order valence-corrected chi connectivity index (χ3v) is 5.05. The Labute approximate surface area is 118 Å². The van der Waals surface area contributed by atoms with Crippen LogP contribution in [0.1, 0.15) is 30.6 Å². The molecule has 4 nitrogen and oxygen atoms in total. The normalized spacial score (nSPS) is 26.9. The second kappa shape index (κ2) is 5.92. The van der Waals surface area contributed by atoms with E-state index in [2.05, 4.69) is 15.5 Å². The van der Waals surface area contributed by atoms with Crippen LogP contribution >= 0.6 is 11.3 Å². The third kappa shape index (κ3) is 3.09. The maximum absolute atomic E-state index is 11.9. The Kier molecular flexibility index (Phi) is 4.03. The van der Waals surface area contributed by atoms with E-state index >= 15 is 0 Å². The van der Waals surface area contributed by atoms with Crippen molar-refractivity contribution in [3.63, 3.8) is 0 Å². The first-order chi connectivity index (χ1) is 9.33. The average Bonchev–Trinajstić information content (AvgIpc) is 3.07. The molecule has 0 unspecified atom stereocenters. The molecule has 2 fully saturated rings. The first-order valence-electron chi connectivity index (χ1n) is 7.14. The molecule has 3 heterocycles. The fraction of sp³-hybridized carbons (Fsp3) is 0.643. The van der Waals surface area contributed by atoms with Gasteiger partial charge in [0.15, 0.2) is 0 Å². The van der Waals surface area contributed by atoms with Gasteiger partial charge in [0, 0.05) is 23.5 Å². The van der Waals surface area contributed by atoms with Crippen molar-refractivity contribution in [2.75, 3.05) is 13.1 Å². The minimum absolute atomic E-state index is 0.0224. The van der Waals surface area contributed by atoms with Gasteiger partial charge < -0.3 is 10.6 Å². The van der Waals surface area contributed by atoms with E-state index < -0.39 is 0 Å². The third-order valence-electron chi connectivity index (χ3n) is 4.18. The highest BCUT2D eigenvalue weighted by Crippen LogP contribution is 2.26. The number of piperidine rings is 1. The molecule has 1 aromatic heterocycles. The molecule has 0 bridgehead atoms. The van der Waals surface area contributed by atoms with Crippen LogP contribution in [0.25, 0.3) is 0 Å². The first kappa shape index (κ1) is 12.9. The molecule has 0 spiro atoms. The summed E-state index contributed by atoms with van der Waals surface area (Å²) in [5.74, 6) is 0. The Balaban J connectivity index is 1.47. The minimum Gasteiger partial charge on any atom is -0.334 e. The Bertz CT molecular complexity index is 420. The van der Waals surface area contributed by atoms with E-state index in [9.17, 15) is 4.79 Å². The van der Waals surface area contributed by atoms with Gasteiger partial charge >= 0.3 is 6.03 Å². The zero-order valence-corrected chi connectivity index (χ0v) is 11.9. The quantitative estimate of drug-likeness (QED) is 0.890. The predicted octanol–water partition coefficient (Wildman–Crippen LogP) is 2.17. The van der Waals surface area contributed by atoms with Crippen molar-refractivity contribution in [2.45, 2.75) is 44.3 Å². The molecule has 2 aliphatic heterocycles. The zero-order valence-electron chi connectivity index (χ0n) is 11.1. The molecule has 0 saturated carbocycles. The summed E-state index contributed by atoms with van der Waals surface area (Å²) in [5.41, 5.74) is 0. The highest BCUT2D eigenvalue weighted by molar-refractivity contribution is 7.09. The van der Waals surface area contributed by atoms with Crippen LogP contribution in [0.5, 0.6) is 0 Å². The van der Waals surface area contributed by atoms with E-state index in [4.69, 9.17) is 0 Å². The Morgan fingerprint density at radius 2 is 2.32 bits per heavy atom. The van der Waals surface area contributed by atoms with Crippen LogP contribution < -0.4 is 10.6 Å². The van der Waals surface area contributed by atoms with E-state index in [1.165, 1.54) is 30.7 Å². The maximum Gasteiger partial charge on any atom is 0.315 e. The smallest absolute Gasteiger partial charge is 0.315 e. The van der Waals surface area contributed by atoms with Crippen molar-refractivity contribution >= 4 is 17.4 Å². The summed E-state index contributed by atoms with van der Waals surface area (Å²) in [7, 11) is 0. The van der Waals surface area contributed by atoms with Gasteiger partial charge in [0.05, 0.1) is 6.54 Å². The van der Waals surface area contributed by atoms with Gasteiger partial charge in [-0.05, 0) is 37.3 Å². The van der Waals surface area contributed by atoms with Gasteiger partial charge in [-0.15, -0.1) is 11.3 Å². The van der Waals surface area contributed by atoms with E-state index in [0.717, 1.165) is 13.0 Å². The molecule has 2 aliphatic rings. The molecular weight excluding hydrogens is 258 g/mol. The number of rotatable bonds is 3. The highest BCUT2D eigenvalue weighted by atomic mass is 32.1. The number of amides is 2. The van der Waals surface area contributed by atoms with Gasteiger partial charge in [-0.25, -0.2) is 4.79 Å². The number of thiophene rings is 1. The molecule has 19 heavy (non-hydrogen) atoms. The highest BCUT2D eigenvalue weighted by Gasteiger charge is 2.36. The predicted molar refractivity (Wildman–Crippen MR) is 77.3 cm³/mol. The summed E-state index contributed by atoms with van der Waals surface area (Å²) in [6.45, 7) is 2.98. The van der Waals surface area contributed by atoms with Crippen LogP contribution in [-0.4, -0.2) is 36.1 Å². The van der Waals surface area contributed by atoms with Gasteiger partial charge in [-0.3, -0.25) is 4.90 Å². The number of hydrogen-bond acceptors (Lipinski definition) is 3. The Hall–Kier alpha value is -1.07. The molecule has 5 heteroatoms. The van der Waals surface area contributed by atoms with Crippen molar-refractivity contribution in [1.82, 2.24) is 15.5 Å². The second-order valence-corrected chi connectivity index (χ2v) is 6.43. The Morgan fingerprint density at radius 3 is 3.16 bits per heavy atom. The number of hydrogen-bond donors (Lipinski definition) is 2. The van der Waals surface area contributed by atoms with E-state index in [0.29, 0.717) is 18.6 Å².